The van der Waals surface area contributed by atoms with Crippen LogP contribution in [0.25, 0.3) is 22.7 Å². The summed E-state index contributed by atoms with van der Waals surface area (Å²) in [7, 11) is 1.95. The predicted octanol–water partition coefficient (Wildman–Crippen LogP) is 5.80. The standard InChI is InChI=1S/C28H23BrN4O3/c1-33-15-14-30-27(33)19-7-10-21(11-8-19)31-26(18-5-2-17(3-6-18)4-13-24(34)35)25-22-12-9-20(29)16-23(22)32-28(25)36/h2-3,5-12,14-16,31H,4,13H2,1H3,(H,32,36)(H,34,35). The molecule has 0 saturated carbocycles. The molecule has 1 aliphatic rings. The van der Waals surface area contributed by atoms with E-state index in [4.69, 9.17) is 5.11 Å². The molecule has 0 radical (unpaired) electrons. The molecular weight excluding hydrogens is 520 g/mol. The van der Waals surface area contributed by atoms with E-state index in [-0.39, 0.29) is 12.3 Å². The molecule has 3 N–H and O–H groups in total. The van der Waals surface area contributed by atoms with Crippen molar-refractivity contribution in [2.24, 2.45) is 7.05 Å². The zero-order chi connectivity index (χ0) is 25.2. The number of hydrogen-bond donors (Lipinski definition) is 3. The molecule has 180 valence electrons. The third kappa shape index (κ3) is 4.81. The Balaban J connectivity index is 1.54. The smallest absolute Gasteiger partial charge is 0.303 e. The number of anilines is 2. The topological polar surface area (TPSA) is 96.3 Å². The molecule has 8 heteroatoms. The zero-order valence-electron chi connectivity index (χ0n) is 19.5. The van der Waals surface area contributed by atoms with E-state index in [0.717, 1.165) is 43.9 Å². The fourth-order valence-electron chi connectivity index (χ4n) is 4.25. The minimum Gasteiger partial charge on any atom is -0.481 e. The Bertz CT molecular complexity index is 1490. The van der Waals surface area contributed by atoms with Crippen molar-refractivity contribution in [3.63, 3.8) is 0 Å². The number of hydrogen-bond acceptors (Lipinski definition) is 4. The highest BCUT2D eigenvalue weighted by molar-refractivity contribution is 9.10. The van der Waals surface area contributed by atoms with E-state index in [0.29, 0.717) is 17.7 Å². The number of nitrogens with zero attached hydrogens (tertiary/aromatic N) is 2. The van der Waals surface area contributed by atoms with Crippen molar-refractivity contribution >= 4 is 50.5 Å². The highest BCUT2D eigenvalue weighted by Gasteiger charge is 2.28. The second-order valence-corrected chi connectivity index (χ2v) is 9.46. The maximum Gasteiger partial charge on any atom is 0.303 e. The number of carbonyl (C=O) groups excluding carboxylic acids is 1. The van der Waals surface area contributed by atoms with Gasteiger partial charge < -0.3 is 20.3 Å². The Kier molecular flexibility index (Phi) is 6.43. The Morgan fingerprint density at radius 2 is 1.83 bits per heavy atom. The fourth-order valence-corrected chi connectivity index (χ4v) is 4.61. The molecule has 0 aliphatic carbocycles. The van der Waals surface area contributed by atoms with Crippen LogP contribution in [-0.2, 0) is 23.1 Å². The molecule has 1 amide bonds. The molecular formula is C28H23BrN4O3. The third-order valence-electron chi connectivity index (χ3n) is 6.08. The Hall–Kier alpha value is -4.17. The van der Waals surface area contributed by atoms with Crippen molar-refractivity contribution in [2.45, 2.75) is 12.8 Å². The molecule has 2 heterocycles. The van der Waals surface area contributed by atoms with E-state index in [1.54, 1.807) is 6.20 Å². The van der Waals surface area contributed by atoms with Crippen molar-refractivity contribution in [1.29, 1.82) is 0 Å². The minimum atomic E-state index is -0.831. The molecule has 0 bridgehead atoms. The van der Waals surface area contributed by atoms with Crippen molar-refractivity contribution < 1.29 is 14.7 Å². The fraction of sp³-hybridized carbons (Fsp3) is 0.107. The number of carboxylic acid groups (broad SMARTS) is 1. The summed E-state index contributed by atoms with van der Waals surface area (Å²) in [6.07, 6.45) is 4.18. The van der Waals surface area contributed by atoms with Crippen LogP contribution in [0, 0.1) is 0 Å². The molecule has 1 aromatic heterocycles. The van der Waals surface area contributed by atoms with E-state index in [9.17, 15) is 9.59 Å². The molecule has 0 atom stereocenters. The number of nitrogens with one attached hydrogen (secondary N) is 2. The maximum absolute atomic E-state index is 13.1. The minimum absolute atomic E-state index is 0.0680. The molecule has 5 rings (SSSR count). The number of carbonyl (C=O) groups is 2. The van der Waals surface area contributed by atoms with Crippen molar-refractivity contribution in [1.82, 2.24) is 9.55 Å². The lowest BCUT2D eigenvalue weighted by atomic mass is 9.98. The molecule has 0 saturated heterocycles. The number of amides is 1. The molecule has 4 aromatic rings. The summed E-state index contributed by atoms with van der Waals surface area (Å²) >= 11 is 3.47. The lowest BCUT2D eigenvalue weighted by molar-refractivity contribution is -0.137. The normalized spacial score (nSPS) is 13.8. The molecule has 0 spiro atoms. The molecule has 3 aromatic carbocycles. The average Bonchev–Trinajstić information content (AvgIpc) is 3.43. The Morgan fingerprint density at radius 1 is 1.08 bits per heavy atom. The van der Waals surface area contributed by atoms with Gasteiger partial charge in [0.2, 0.25) is 0 Å². The number of rotatable bonds is 7. The first-order chi connectivity index (χ1) is 17.4. The van der Waals surface area contributed by atoms with Gasteiger partial charge in [-0.25, -0.2) is 4.98 Å². The zero-order valence-corrected chi connectivity index (χ0v) is 21.0. The van der Waals surface area contributed by atoms with Crippen LogP contribution in [0.15, 0.2) is 83.6 Å². The lowest BCUT2D eigenvalue weighted by Crippen LogP contribution is -2.10. The Morgan fingerprint density at radius 3 is 2.50 bits per heavy atom. The van der Waals surface area contributed by atoms with Gasteiger partial charge in [-0.2, -0.15) is 0 Å². The highest BCUT2D eigenvalue weighted by atomic mass is 79.9. The number of carboxylic acids is 1. The average molecular weight is 543 g/mol. The Labute approximate surface area is 216 Å². The summed E-state index contributed by atoms with van der Waals surface area (Å²) in [6, 6.07) is 21.2. The van der Waals surface area contributed by atoms with Gasteiger partial charge in [0.1, 0.15) is 5.82 Å². The van der Waals surface area contributed by atoms with Gasteiger partial charge in [0.25, 0.3) is 5.91 Å². The largest absolute Gasteiger partial charge is 0.481 e. The summed E-state index contributed by atoms with van der Waals surface area (Å²) in [4.78, 5) is 28.5. The van der Waals surface area contributed by atoms with Gasteiger partial charge in [-0.1, -0.05) is 46.3 Å². The second-order valence-electron chi connectivity index (χ2n) is 8.55. The first kappa shape index (κ1) is 23.6. The second kappa shape index (κ2) is 9.83. The van der Waals surface area contributed by atoms with Crippen molar-refractivity contribution in [3.8, 4) is 11.4 Å². The number of aryl methyl sites for hydroxylation is 2. The van der Waals surface area contributed by atoms with E-state index >= 15 is 0 Å². The van der Waals surface area contributed by atoms with Crippen LogP contribution in [0.1, 0.15) is 23.1 Å². The van der Waals surface area contributed by atoms with E-state index in [1.807, 2.05) is 84.5 Å². The molecule has 0 unspecified atom stereocenters. The van der Waals surface area contributed by atoms with Crippen LogP contribution >= 0.6 is 15.9 Å². The monoisotopic (exact) mass is 542 g/mol. The van der Waals surface area contributed by atoms with Gasteiger partial charge in [0, 0.05) is 47.1 Å². The summed E-state index contributed by atoms with van der Waals surface area (Å²) in [5, 5.41) is 15.4. The van der Waals surface area contributed by atoms with Gasteiger partial charge >= 0.3 is 5.97 Å². The lowest BCUT2D eigenvalue weighted by Gasteiger charge is -2.16. The van der Waals surface area contributed by atoms with E-state index < -0.39 is 5.97 Å². The quantitative estimate of drug-likeness (QED) is 0.256. The highest BCUT2D eigenvalue weighted by Crippen LogP contribution is 2.39. The van der Waals surface area contributed by atoms with Gasteiger partial charge in [-0.05, 0) is 53.9 Å². The van der Waals surface area contributed by atoms with Crippen LogP contribution < -0.4 is 10.6 Å². The first-order valence-electron chi connectivity index (χ1n) is 11.4. The molecule has 1 aliphatic heterocycles. The van der Waals surface area contributed by atoms with Gasteiger partial charge in [-0.15, -0.1) is 0 Å². The summed E-state index contributed by atoms with van der Waals surface area (Å²) < 4.78 is 2.84. The van der Waals surface area contributed by atoms with Crippen LogP contribution in [0.5, 0.6) is 0 Å². The summed E-state index contributed by atoms with van der Waals surface area (Å²) in [5.74, 6) is -0.153. The number of aliphatic carboxylic acids is 1. The first-order valence-corrected chi connectivity index (χ1v) is 12.2. The number of imidazole rings is 1. The van der Waals surface area contributed by atoms with Gasteiger partial charge in [-0.3, -0.25) is 9.59 Å². The van der Waals surface area contributed by atoms with Crippen LogP contribution in [0.4, 0.5) is 11.4 Å². The maximum atomic E-state index is 13.1. The molecule has 36 heavy (non-hydrogen) atoms. The summed E-state index contributed by atoms with van der Waals surface area (Å²) in [5.41, 5.74) is 6.32. The molecule has 7 nitrogen and oxygen atoms in total. The predicted molar refractivity (Wildman–Crippen MR) is 144 cm³/mol. The number of halogens is 1. The van der Waals surface area contributed by atoms with E-state index in [1.165, 1.54) is 0 Å². The number of benzene rings is 3. The number of fused-ring (bicyclic) bond motifs is 1. The molecule has 0 fully saturated rings. The van der Waals surface area contributed by atoms with Gasteiger partial charge in [0.15, 0.2) is 0 Å². The number of aromatic nitrogens is 2. The summed E-state index contributed by atoms with van der Waals surface area (Å²) in [6.45, 7) is 0. The van der Waals surface area contributed by atoms with Gasteiger partial charge in [0.05, 0.1) is 17.0 Å². The van der Waals surface area contributed by atoms with Crippen molar-refractivity contribution in [3.05, 3.63) is 100 Å². The SMILES string of the molecule is Cn1ccnc1-c1ccc(NC(=C2C(=O)Nc3cc(Br)ccc32)c2ccc(CCC(=O)O)cc2)cc1. The van der Waals surface area contributed by atoms with Crippen LogP contribution in [0.3, 0.4) is 0 Å². The third-order valence-corrected chi connectivity index (χ3v) is 6.57. The van der Waals surface area contributed by atoms with Crippen LogP contribution in [-0.4, -0.2) is 26.5 Å². The van der Waals surface area contributed by atoms with Crippen molar-refractivity contribution in [2.75, 3.05) is 10.6 Å². The van der Waals surface area contributed by atoms with E-state index in [2.05, 4.69) is 31.5 Å². The van der Waals surface area contributed by atoms with Crippen LogP contribution in [0.2, 0.25) is 0 Å².